The molecule has 9 nitrogen and oxygen atoms in total. The molecule has 2 amide bonds. The smallest absolute Gasteiger partial charge is 0.411 e. The maximum Gasteiger partial charge on any atom is 0.411 e. The van der Waals surface area contributed by atoms with Gasteiger partial charge in [0.2, 0.25) is 12.1 Å². The van der Waals surface area contributed by atoms with E-state index in [1.54, 1.807) is 37.8 Å². The number of carbonyl (C=O) groups excluding carboxylic acids is 2. The molecular weight excluding hydrogens is 388 g/mol. The first-order valence-corrected chi connectivity index (χ1v) is 10.2. The van der Waals surface area contributed by atoms with Crippen LogP contribution in [0, 0.1) is 16.5 Å². The lowest BCUT2D eigenvalue weighted by molar-refractivity contribution is -0.605. The number of nitrogens with zero attached hydrogens (tertiary/aromatic N) is 4. The summed E-state index contributed by atoms with van der Waals surface area (Å²) in [6.07, 6.45) is 4.53. The van der Waals surface area contributed by atoms with Gasteiger partial charge in [0.1, 0.15) is 24.3 Å². The minimum atomic E-state index is -0.713. The van der Waals surface area contributed by atoms with Crippen molar-refractivity contribution in [2.75, 3.05) is 13.2 Å². The summed E-state index contributed by atoms with van der Waals surface area (Å²) in [7, 11) is 0. The van der Waals surface area contributed by atoms with Crippen LogP contribution >= 0.6 is 0 Å². The highest BCUT2D eigenvalue weighted by Gasteiger charge is 2.46. The van der Waals surface area contributed by atoms with Crippen molar-refractivity contribution < 1.29 is 23.8 Å². The number of hydrogen-bond acceptors (Lipinski definition) is 6. The van der Waals surface area contributed by atoms with Gasteiger partial charge in [0, 0.05) is 12.6 Å². The fraction of sp³-hybridized carbons (Fsp3) is 0.619. The predicted octanol–water partition coefficient (Wildman–Crippen LogP) is 1.98. The number of aromatic nitrogens is 1. The molecule has 1 aromatic rings. The van der Waals surface area contributed by atoms with Crippen molar-refractivity contribution in [2.24, 2.45) is 0 Å². The normalized spacial score (nSPS) is 23.9. The zero-order valence-electron chi connectivity index (χ0n) is 17.6. The number of pyridine rings is 1. The van der Waals surface area contributed by atoms with Crippen LogP contribution < -0.4 is 9.47 Å². The molecule has 0 radical (unpaired) electrons. The molecule has 1 aromatic heterocycles. The molecule has 3 atom stereocenters. The van der Waals surface area contributed by atoms with E-state index in [2.05, 4.69) is 6.07 Å². The summed E-state index contributed by atoms with van der Waals surface area (Å²) in [6, 6.07) is 3.89. The lowest BCUT2D eigenvalue weighted by Crippen LogP contribution is -2.53. The Balaban J connectivity index is 1.77. The Kier molecular flexibility index (Phi) is 6.34. The summed E-state index contributed by atoms with van der Waals surface area (Å²) in [5, 5.41) is 20.8. The largest absolute Gasteiger partial charge is 0.619 e. The first kappa shape index (κ1) is 21.7. The van der Waals surface area contributed by atoms with Gasteiger partial charge in [-0.2, -0.15) is 9.99 Å². The van der Waals surface area contributed by atoms with Crippen molar-refractivity contribution in [1.29, 1.82) is 5.26 Å². The van der Waals surface area contributed by atoms with Crippen LogP contribution in [0.4, 0.5) is 4.79 Å². The van der Waals surface area contributed by atoms with Crippen LogP contribution in [0.2, 0.25) is 0 Å². The highest BCUT2D eigenvalue weighted by Crippen LogP contribution is 2.30. The number of carbonyl (C=O) groups is 2. The molecule has 9 heteroatoms. The third-order valence-corrected chi connectivity index (χ3v) is 5.27. The summed E-state index contributed by atoms with van der Waals surface area (Å²) >= 11 is 0. The third-order valence-electron chi connectivity index (χ3n) is 5.27. The van der Waals surface area contributed by atoms with Crippen LogP contribution in [0.25, 0.3) is 0 Å². The first-order valence-electron chi connectivity index (χ1n) is 10.2. The van der Waals surface area contributed by atoms with Crippen LogP contribution in [0.1, 0.15) is 46.5 Å². The van der Waals surface area contributed by atoms with E-state index < -0.39 is 23.8 Å². The Bertz CT molecular complexity index is 831. The quantitative estimate of drug-likeness (QED) is 0.548. The van der Waals surface area contributed by atoms with Gasteiger partial charge < -0.3 is 19.6 Å². The van der Waals surface area contributed by atoms with Crippen molar-refractivity contribution in [3.05, 3.63) is 29.7 Å². The Labute approximate surface area is 176 Å². The first-order chi connectivity index (χ1) is 14.2. The van der Waals surface area contributed by atoms with E-state index in [-0.39, 0.29) is 18.6 Å². The highest BCUT2D eigenvalue weighted by atomic mass is 16.6. The van der Waals surface area contributed by atoms with Gasteiger partial charge in [0.25, 0.3) is 0 Å². The second kappa shape index (κ2) is 8.78. The molecular formula is C21H28N4O5. The maximum absolute atomic E-state index is 13.2. The molecule has 0 spiro atoms. The Morgan fingerprint density at radius 3 is 2.77 bits per heavy atom. The molecule has 2 aliphatic heterocycles. The second-order valence-corrected chi connectivity index (χ2v) is 8.66. The summed E-state index contributed by atoms with van der Waals surface area (Å²) in [5.74, 6) is 0.167. The van der Waals surface area contributed by atoms with Crippen LogP contribution in [-0.4, -0.2) is 58.7 Å². The second-order valence-electron chi connectivity index (χ2n) is 8.66. The topological polar surface area (TPSA) is 110 Å². The molecule has 3 rings (SSSR count). The number of ether oxygens (including phenoxy) is 2. The van der Waals surface area contributed by atoms with Gasteiger partial charge in [-0.1, -0.05) is 0 Å². The minimum absolute atomic E-state index is 0.134. The average Bonchev–Trinajstić information content (AvgIpc) is 3.31. The zero-order valence-corrected chi connectivity index (χ0v) is 17.6. The molecule has 2 aliphatic rings. The van der Waals surface area contributed by atoms with Crippen molar-refractivity contribution in [3.8, 4) is 11.8 Å². The van der Waals surface area contributed by atoms with Crippen molar-refractivity contribution in [2.45, 2.75) is 70.2 Å². The van der Waals surface area contributed by atoms with E-state index >= 15 is 0 Å². The van der Waals surface area contributed by atoms with E-state index in [1.165, 1.54) is 17.3 Å². The lowest BCUT2D eigenvalue weighted by Gasteiger charge is -2.34. The van der Waals surface area contributed by atoms with Crippen molar-refractivity contribution >= 4 is 12.0 Å². The summed E-state index contributed by atoms with van der Waals surface area (Å²) in [6.45, 7) is 5.96. The van der Waals surface area contributed by atoms with E-state index in [4.69, 9.17) is 9.47 Å². The van der Waals surface area contributed by atoms with Crippen molar-refractivity contribution in [1.82, 2.24) is 9.80 Å². The van der Waals surface area contributed by atoms with Crippen molar-refractivity contribution in [3.63, 3.8) is 0 Å². The fourth-order valence-electron chi connectivity index (χ4n) is 3.95. The average molecular weight is 416 g/mol. The molecule has 0 unspecified atom stereocenters. The molecule has 2 saturated heterocycles. The number of rotatable bonds is 4. The number of amides is 2. The minimum Gasteiger partial charge on any atom is -0.619 e. The molecule has 0 aromatic carbocycles. The maximum atomic E-state index is 13.2. The number of hydrogen-bond donors (Lipinski definition) is 0. The molecule has 162 valence electrons. The Morgan fingerprint density at radius 1 is 1.33 bits per heavy atom. The van der Waals surface area contributed by atoms with Crippen LogP contribution in [-0.2, 0) is 9.53 Å². The molecule has 2 fully saturated rings. The van der Waals surface area contributed by atoms with Gasteiger partial charge in [0.15, 0.2) is 11.9 Å². The Hall–Kier alpha value is -3.02. The van der Waals surface area contributed by atoms with Crippen LogP contribution in [0.3, 0.4) is 0 Å². The standard InChI is InChI=1S/C21H28N4O5/c1-21(2,3)30-20(27)25-16(14-29-17-7-5-10-23(28)13-17)8-9-18(25)19(26)24-11-4-6-15(24)12-22/h5,7,10,13,15-16,18H,4,6,8-9,11,14H2,1-3H3/t15-,16+,18-/m0/s1. The van der Waals surface area contributed by atoms with E-state index in [9.17, 15) is 20.1 Å². The fourth-order valence-corrected chi connectivity index (χ4v) is 3.95. The molecule has 3 heterocycles. The van der Waals surface area contributed by atoms with Gasteiger partial charge in [-0.05, 0) is 52.5 Å². The Morgan fingerprint density at radius 2 is 2.10 bits per heavy atom. The third kappa shape index (κ3) is 4.93. The summed E-state index contributed by atoms with van der Waals surface area (Å²) in [5.41, 5.74) is -0.713. The van der Waals surface area contributed by atoms with Crippen LogP contribution in [0.15, 0.2) is 24.5 Å². The van der Waals surface area contributed by atoms with Gasteiger partial charge in [-0.15, -0.1) is 0 Å². The number of nitriles is 1. The van der Waals surface area contributed by atoms with Gasteiger partial charge in [0.05, 0.1) is 12.1 Å². The van der Waals surface area contributed by atoms with E-state index in [1.807, 2.05) is 0 Å². The SMILES string of the molecule is CC(C)(C)OC(=O)N1[C@@H](COc2ccc[n+]([O-])c2)CC[C@H]1C(=O)N1CCC[C@H]1C#N. The molecule has 0 bridgehead atoms. The molecule has 0 N–H and O–H groups in total. The zero-order chi connectivity index (χ0) is 21.9. The monoisotopic (exact) mass is 416 g/mol. The van der Waals surface area contributed by atoms with E-state index in [0.717, 1.165) is 6.42 Å². The van der Waals surface area contributed by atoms with Gasteiger partial charge in [-0.3, -0.25) is 9.69 Å². The lowest BCUT2D eigenvalue weighted by atomic mass is 10.1. The number of likely N-dealkylation sites (tertiary alicyclic amines) is 2. The molecule has 0 aliphatic carbocycles. The summed E-state index contributed by atoms with van der Waals surface area (Å²) < 4.78 is 11.9. The predicted molar refractivity (Wildman–Crippen MR) is 106 cm³/mol. The van der Waals surface area contributed by atoms with Gasteiger partial charge in [-0.25, -0.2) is 4.79 Å². The molecule has 30 heavy (non-hydrogen) atoms. The van der Waals surface area contributed by atoms with Crippen LogP contribution in [0.5, 0.6) is 5.75 Å². The van der Waals surface area contributed by atoms with Gasteiger partial charge >= 0.3 is 6.09 Å². The van der Waals surface area contributed by atoms with E-state index in [0.29, 0.717) is 36.3 Å². The highest BCUT2D eigenvalue weighted by molar-refractivity contribution is 5.87. The summed E-state index contributed by atoms with van der Waals surface area (Å²) in [4.78, 5) is 29.2. The molecule has 0 saturated carbocycles.